The molecular weight excluding hydrogens is 1120 g/mol. The minimum absolute atomic E-state index is 0.00506. The number of nitrogens with zero attached hydrogens (tertiary/aromatic N) is 1. The van der Waals surface area contributed by atoms with Gasteiger partial charge in [-0.3, -0.25) is 38.4 Å². The van der Waals surface area contributed by atoms with E-state index in [4.69, 9.17) is 26.7 Å². The van der Waals surface area contributed by atoms with E-state index in [9.17, 15) is 53.4 Å². The summed E-state index contributed by atoms with van der Waals surface area (Å²) >= 11 is 0. The van der Waals surface area contributed by atoms with Crippen LogP contribution in [0, 0.1) is 5.92 Å². The average molecular weight is 1200 g/mol. The number of fused-ring (bicyclic) bond motifs is 5. The fraction of sp³-hybridized carbons (Fsp3) is 0.422. The van der Waals surface area contributed by atoms with Crippen LogP contribution in [0.15, 0.2) is 120 Å². The zero-order valence-electron chi connectivity index (χ0n) is 49.3. The minimum Gasteiger partial charge on any atom is -0.512 e. The van der Waals surface area contributed by atoms with Crippen molar-refractivity contribution in [3.8, 4) is 11.5 Å². The van der Waals surface area contributed by atoms with Gasteiger partial charge in [-0.2, -0.15) is 0 Å². The smallest absolute Gasteiger partial charge is 0.340 e. The van der Waals surface area contributed by atoms with Gasteiger partial charge < -0.3 is 73.7 Å². The Morgan fingerprint density at radius 1 is 0.713 bits per heavy atom. The van der Waals surface area contributed by atoms with Crippen LogP contribution in [0.25, 0.3) is 0 Å². The molecule has 462 valence electrons. The van der Waals surface area contributed by atoms with Crippen LogP contribution in [-0.4, -0.2) is 130 Å². The number of phenols is 1. The molecule has 0 saturated carbocycles. The highest BCUT2D eigenvalue weighted by Gasteiger charge is 2.55. The van der Waals surface area contributed by atoms with Gasteiger partial charge in [0, 0.05) is 59.8 Å². The molecule has 23 heteroatoms. The third-order valence-corrected chi connectivity index (χ3v) is 16.3. The molecule has 4 aromatic carbocycles. The number of hydrogen-bond acceptors (Lipinski definition) is 15. The molecule has 8 amide bonds. The first-order valence-electron chi connectivity index (χ1n) is 29.6. The number of nitrogens with two attached hydrogens (primary N) is 3. The number of phenolic OH excluding ortho intramolecular Hbond substituents is 1. The predicted molar refractivity (Wildman–Crippen MR) is 320 cm³/mol. The van der Waals surface area contributed by atoms with Crippen LogP contribution in [0.4, 0.5) is 0 Å². The van der Waals surface area contributed by atoms with Crippen molar-refractivity contribution in [2.45, 2.75) is 146 Å². The van der Waals surface area contributed by atoms with Gasteiger partial charge in [-0.25, -0.2) is 4.79 Å². The number of ether oxygens (including phenoxy) is 2. The third kappa shape index (κ3) is 14.6. The number of benzene rings is 4. The maximum Gasteiger partial charge on any atom is 0.340 e. The molecule has 4 aliphatic rings. The quantitative estimate of drug-likeness (QED) is 0.0317. The van der Waals surface area contributed by atoms with Crippen molar-refractivity contribution in [2.75, 3.05) is 19.6 Å². The van der Waals surface area contributed by atoms with Gasteiger partial charge in [-0.15, -0.1) is 0 Å². The normalized spacial score (nSPS) is 18.7. The van der Waals surface area contributed by atoms with Crippen LogP contribution in [-0.2, 0) is 43.9 Å². The predicted octanol–water partition coefficient (Wildman–Crippen LogP) is 3.47. The fourth-order valence-corrected chi connectivity index (χ4v) is 11.6. The van der Waals surface area contributed by atoms with E-state index in [1.165, 1.54) is 43.0 Å². The standard InChI is InChI=1S/C64H78N10O13/c1-35(2)53(72-56(78)36(3)66)62(84)74-31-15-22-49(74)60(82)73-54(52(38-16-7-5-8-17-38)39-18-9-6-10-19-39)61(83)69-37(4)57(79)71-48(59(81)70-47(55(67)77)20-11-13-29-65)21-12-14-30-68-58(80)40-23-26-44-43(32-40)63(85)87-64(44)45-27-24-41(75)33-50(45)86-51-34-42(76)25-28-46(51)64/h5-10,16-19,23-24,26-27,32-37,47-49,52-54,75-76H,11-15,20-22,25,28-31,65-66H2,1-4H3,(H2,67,77)(H,68,80)(H,69,83)(H,70,81)(H,71,79)(H,72,78)(H,73,82)/t36-,37-,47-,48-,49-,53-,54-,64?/m0/s1. The van der Waals surface area contributed by atoms with Gasteiger partial charge in [0.1, 0.15) is 53.5 Å². The molecule has 1 aliphatic carbocycles. The van der Waals surface area contributed by atoms with Crippen LogP contribution in [0.3, 0.4) is 0 Å². The van der Waals surface area contributed by atoms with Gasteiger partial charge in [0.15, 0.2) is 5.60 Å². The third-order valence-electron chi connectivity index (χ3n) is 16.3. The summed E-state index contributed by atoms with van der Waals surface area (Å²) < 4.78 is 12.3. The molecule has 23 nitrogen and oxygen atoms in total. The molecule has 1 fully saturated rings. The van der Waals surface area contributed by atoms with Crippen molar-refractivity contribution < 1.29 is 62.8 Å². The molecule has 87 heavy (non-hydrogen) atoms. The Kier molecular flexibility index (Phi) is 20.9. The molecule has 8 atom stereocenters. The Morgan fingerprint density at radius 3 is 2.02 bits per heavy atom. The molecule has 0 aromatic heterocycles. The highest BCUT2D eigenvalue weighted by Crippen LogP contribution is 2.56. The Hall–Kier alpha value is -9.09. The van der Waals surface area contributed by atoms with Crippen LogP contribution < -0.4 is 53.8 Å². The van der Waals surface area contributed by atoms with Crippen molar-refractivity contribution >= 4 is 53.2 Å². The molecule has 0 radical (unpaired) electrons. The number of rotatable bonds is 26. The SMILES string of the molecule is CC(C)[C@H](NC(=O)[C@H](C)N)C(=O)N1CCC[C@H]1C(=O)N[C@H](C(=O)N[C@@H](C)C(=O)N[C@@H](CCCCNC(=O)c1ccc2c(c1)C(=O)OC21C2=C(C=C(O)CC2)Oc2cc(O)ccc21)C(=O)N[C@@H](CCCCN)C(N)=O)C(c1ccccc1)c1ccccc1. The molecule has 14 N–H and O–H groups in total. The van der Waals surface area contributed by atoms with Gasteiger partial charge in [0.05, 0.1) is 17.4 Å². The van der Waals surface area contributed by atoms with Gasteiger partial charge in [-0.1, -0.05) is 80.6 Å². The lowest BCUT2D eigenvalue weighted by molar-refractivity contribution is -0.143. The van der Waals surface area contributed by atoms with Crippen molar-refractivity contribution in [2.24, 2.45) is 23.1 Å². The number of esters is 1. The zero-order chi connectivity index (χ0) is 62.7. The van der Waals surface area contributed by atoms with Crippen molar-refractivity contribution in [1.29, 1.82) is 0 Å². The molecule has 3 heterocycles. The lowest BCUT2D eigenvalue weighted by atomic mass is 9.74. The molecule has 1 saturated heterocycles. The first kappa shape index (κ1) is 63.9. The van der Waals surface area contributed by atoms with Crippen molar-refractivity contribution in [1.82, 2.24) is 36.8 Å². The van der Waals surface area contributed by atoms with Gasteiger partial charge in [-0.05, 0) is 119 Å². The molecule has 1 unspecified atom stereocenters. The van der Waals surface area contributed by atoms with Crippen LogP contribution in [0.1, 0.15) is 141 Å². The second kappa shape index (κ2) is 28.4. The van der Waals surface area contributed by atoms with Gasteiger partial charge >= 0.3 is 5.97 Å². The largest absolute Gasteiger partial charge is 0.512 e. The number of hydrogen-bond donors (Lipinski definition) is 11. The van der Waals surface area contributed by atoms with Crippen LogP contribution in [0.5, 0.6) is 11.5 Å². The molecule has 3 aliphatic heterocycles. The number of aliphatic hydroxyl groups is 1. The van der Waals surface area contributed by atoms with Crippen LogP contribution in [0.2, 0.25) is 0 Å². The number of allylic oxidation sites excluding steroid dienone is 2. The number of likely N-dealkylation sites (tertiary alicyclic amines) is 1. The van der Waals surface area contributed by atoms with Gasteiger partial charge in [0.2, 0.25) is 41.4 Å². The number of carbonyl (C=O) groups is 9. The molecule has 8 rings (SSSR count). The highest BCUT2D eigenvalue weighted by atomic mass is 16.6. The average Bonchev–Trinajstić information content (AvgIpc) is 1.63. The summed E-state index contributed by atoms with van der Waals surface area (Å²) in [6.45, 7) is 7.09. The summed E-state index contributed by atoms with van der Waals surface area (Å²) in [6.07, 6.45) is 4.48. The first-order chi connectivity index (χ1) is 41.6. The minimum atomic E-state index is -1.44. The Morgan fingerprint density at radius 2 is 1.37 bits per heavy atom. The van der Waals surface area contributed by atoms with Crippen LogP contribution >= 0.6 is 0 Å². The van der Waals surface area contributed by atoms with E-state index in [1.807, 2.05) is 0 Å². The second-order valence-electron chi connectivity index (χ2n) is 22.9. The number of amides is 8. The van der Waals surface area contributed by atoms with Crippen molar-refractivity contribution in [3.05, 3.63) is 154 Å². The maximum atomic E-state index is 15.0. The summed E-state index contributed by atoms with van der Waals surface area (Å²) in [5, 5.41) is 37.4. The van der Waals surface area contributed by atoms with E-state index in [0.29, 0.717) is 60.1 Å². The number of nitrogens with one attached hydrogen (secondary N) is 6. The number of primary amides is 1. The highest BCUT2D eigenvalue weighted by molar-refractivity contribution is 6.02. The number of unbranched alkanes of at least 4 members (excludes halogenated alkanes) is 2. The maximum absolute atomic E-state index is 15.0. The number of aromatic hydroxyl groups is 1. The summed E-state index contributed by atoms with van der Waals surface area (Å²) in [6, 6.07) is 19.1. The monoisotopic (exact) mass is 1190 g/mol. The van der Waals surface area contributed by atoms with E-state index >= 15 is 0 Å². The molecule has 0 bridgehead atoms. The Labute approximate surface area is 504 Å². The Bertz CT molecular complexity index is 3280. The first-order valence-corrected chi connectivity index (χ1v) is 29.6. The summed E-state index contributed by atoms with van der Waals surface area (Å²) in [4.78, 5) is 126. The molecule has 4 aromatic rings. The summed E-state index contributed by atoms with van der Waals surface area (Å²) in [7, 11) is 0. The lowest BCUT2D eigenvalue weighted by Crippen LogP contribution is -2.60. The zero-order valence-corrected chi connectivity index (χ0v) is 49.3. The molecular formula is C64H78N10O13. The lowest BCUT2D eigenvalue weighted by Gasteiger charge is -2.39. The van der Waals surface area contributed by atoms with E-state index in [1.54, 1.807) is 92.7 Å². The Balaban J connectivity index is 0.973. The molecule has 1 spiro atoms. The van der Waals surface area contributed by atoms with Crippen molar-refractivity contribution in [3.63, 3.8) is 0 Å². The van der Waals surface area contributed by atoms with E-state index in [0.717, 1.165) is 0 Å². The number of carbonyl (C=O) groups excluding carboxylic acids is 9. The summed E-state index contributed by atoms with van der Waals surface area (Å²) in [5.41, 5.74) is 18.9. The number of aliphatic hydroxyl groups excluding tert-OH is 1. The van der Waals surface area contributed by atoms with E-state index < -0.39 is 107 Å². The second-order valence-corrected chi connectivity index (χ2v) is 22.9. The van der Waals surface area contributed by atoms with Gasteiger partial charge in [0.25, 0.3) is 5.91 Å². The van der Waals surface area contributed by atoms with E-state index in [2.05, 4.69) is 31.9 Å². The topological polar surface area (TPSA) is 366 Å². The fourth-order valence-electron chi connectivity index (χ4n) is 11.6. The van der Waals surface area contributed by atoms with E-state index in [-0.39, 0.29) is 91.7 Å². The summed E-state index contributed by atoms with van der Waals surface area (Å²) in [5.74, 6) is -6.61.